The summed E-state index contributed by atoms with van der Waals surface area (Å²) >= 11 is 1.67. The first-order valence-electron chi connectivity index (χ1n) is 7.44. The fourth-order valence-electron chi connectivity index (χ4n) is 2.69. The summed E-state index contributed by atoms with van der Waals surface area (Å²) in [4.78, 5) is 8.75. The van der Waals surface area contributed by atoms with E-state index in [1.807, 2.05) is 12.1 Å². The maximum atomic E-state index is 11.9. The third kappa shape index (κ3) is 3.21. The Hall–Kier alpha value is -1.31. The Kier molecular flexibility index (Phi) is 4.56. The molecule has 0 atom stereocenters. The summed E-state index contributed by atoms with van der Waals surface area (Å²) in [5, 5.41) is 3.18. The molecule has 0 saturated carbocycles. The molecule has 0 aromatic carbocycles. The van der Waals surface area contributed by atoms with Gasteiger partial charge in [-0.25, -0.2) is 17.7 Å². The molecular weight excluding hydrogens is 318 g/mol. The lowest BCUT2D eigenvalue weighted by Crippen LogP contribution is -2.38. The molecule has 0 aliphatic carbocycles. The number of thiazole rings is 1. The van der Waals surface area contributed by atoms with Crippen molar-refractivity contribution in [2.75, 3.05) is 18.8 Å². The Bertz CT molecular complexity index is 720. The lowest BCUT2D eigenvalue weighted by molar-refractivity contribution is 0.319. The van der Waals surface area contributed by atoms with Crippen molar-refractivity contribution in [3.8, 4) is 11.3 Å². The van der Waals surface area contributed by atoms with Gasteiger partial charge in [-0.3, -0.25) is 4.98 Å². The second kappa shape index (κ2) is 6.44. The Morgan fingerprint density at radius 2 is 1.95 bits per heavy atom. The molecule has 0 unspecified atom stereocenters. The van der Waals surface area contributed by atoms with E-state index in [-0.39, 0.29) is 5.75 Å². The van der Waals surface area contributed by atoms with Crippen molar-refractivity contribution in [3.05, 3.63) is 34.9 Å². The summed E-state index contributed by atoms with van der Waals surface area (Å²) < 4.78 is 25.4. The van der Waals surface area contributed by atoms with Gasteiger partial charge in [-0.2, -0.15) is 0 Å². The van der Waals surface area contributed by atoms with Crippen molar-refractivity contribution >= 4 is 21.4 Å². The fourth-order valence-corrected chi connectivity index (χ4v) is 4.83. The van der Waals surface area contributed by atoms with Crippen LogP contribution in [-0.4, -0.2) is 41.5 Å². The zero-order valence-electron chi connectivity index (χ0n) is 12.5. The standard InChI is InChI=1S/C15H19N3O2S2/c1-2-22(19,20)18-9-5-13(6-10-18)15-17-14(11-21-15)12-3-7-16-8-4-12/h3-4,7-8,11,13H,2,5-6,9-10H2,1H3. The third-order valence-electron chi connectivity index (χ3n) is 4.06. The molecule has 0 N–H and O–H groups in total. The minimum absolute atomic E-state index is 0.182. The molecule has 0 radical (unpaired) electrons. The van der Waals surface area contributed by atoms with Gasteiger partial charge >= 0.3 is 0 Å². The van der Waals surface area contributed by atoms with E-state index in [9.17, 15) is 8.42 Å². The molecule has 2 aromatic rings. The largest absolute Gasteiger partial charge is 0.265 e. The number of aromatic nitrogens is 2. The molecule has 2 aromatic heterocycles. The van der Waals surface area contributed by atoms with Crippen LogP contribution in [0, 0.1) is 0 Å². The number of nitrogens with zero attached hydrogens (tertiary/aromatic N) is 3. The summed E-state index contributed by atoms with van der Waals surface area (Å²) in [5.74, 6) is 0.546. The monoisotopic (exact) mass is 337 g/mol. The average molecular weight is 337 g/mol. The lowest BCUT2D eigenvalue weighted by Gasteiger charge is -2.29. The van der Waals surface area contributed by atoms with Gasteiger partial charge < -0.3 is 0 Å². The van der Waals surface area contributed by atoms with Crippen LogP contribution < -0.4 is 0 Å². The van der Waals surface area contributed by atoms with Crippen molar-refractivity contribution < 1.29 is 8.42 Å². The third-order valence-corrected chi connectivity index (χ3v) is 6.95. The highest BCUT2D eigenvalue weighted by Gasteiger charge is 2.28. The van der Waals surface area contributed by atoms with Crippen LogP contribution in [0.15, 0.2) is 29.9 Å². The molecule has 1 fully saturated rings. The Morgan fingerprint density at radius 1 is 1.27 bits per heavy atom. The molecule has 7 heteroatoms. The lowest BCUT2D eigenvalue weighted by atomic mass is 9.99. The van der Waals surface area contributed by atoms with Gasteiger partial charge in [0.2, 0.25) is 10.0 Å². The average Bonchev–Trinajstić information content (AvgIpc) is 3.06. The summed E-state index contributed by atoms with van der Waals surface area (Å²) in [6.45, 7) is 2.90. The number of hydrogen-bond donors (Lipinski definition) is 0. The van der Waals surface area contributed by atoms with Crippen LogP contribution in [0.1, 0.15) is 30.7 Å². The Balaban J connectivity index is 1.69. The normalized spacial score (nSPS) is 17.7. The van der Waals surface area contributed by atoms with Gasteiger partial charge in [0, 0.05) is 42.3 Å². The molecule has 0 spiro atoms. The van der Waals surface area contributed by atoms with E-state index in [2.05, 4.69) is 10.4 Å². The van der Waals surface area contributed by atoms with Crippen LogP contribution >= 0.6 is 11.3 Å². The molecule has 3 heterocycles. The second-order valence-corrected chi connectivity index (χ2v) is 8.53. The summed E-state index contributed by atoms with van der Waals surface area (Å²) in [7, 11) is -3.06. The maximum Gasteiger partial charge on any atom is 0.213 e. The van der Waals surface area contributed by atoms with Crippen LogP contribution in [-0.2, 0) is 10.0 Å². The minimum Gasteiger partial charge on any atom is -0.265 e. The van der Waals surface area contributed by atoms with E-state index >= 15 is 0 Å². The van der Waals surface area contributed by atoms with E-state index in [1.165, 1.54) is 0 Å². The number of sulfonamides is 1. The SMILES string of the molecule is CCS(=O)(=O)N1CCC(c2nc(-c3ccncc3)cs2)CC1. The molecule has 0 amide bonds. The van der Waals surface area contributed by atoms with Gasteiger partial charge in [-0.1, -0.05) is 0 Å². The number of hydrogen-bond acceptors (Lipinski definition) is 5. The van der Waals surface area contributed by atoms with Crippen molar-refractivity contribution in [1.82, 2.24) is 14.3 Å². The van der Waals surface area contributed by atoms with Gasteiger partial charge in [-0.05, 0) is 31.9 Å². The van der Waals surface area contributed by atoms with E-state index in [1.54, 1.807) is 35.0 Å². The zero-order chi connectivity index (χ0) is 15.6. The van der Waals surface area contributed by atoms with E-state index in [0.717, 1.165) is 29.1 Å². The smallest absolute Gasteiger partial charge is 0.213 e. The molecule has 22 heavy (non-hydrogen) atoms. The topological polar surface area (TPSA) is 63.2 Å². The quantitative estimate of drug-likeness (QED) is 0.860. The van der Waals surface area contributed by atoms with Crippen molar-refractivity contribution in [2.24, 2.45) is 0 Å². The highest BCUT2D eigenvalue weighted by atomic mass is 32.2. The summed E-state index contributed by atoms with van der Waals surface area (Å²) in [6, 6.07) is 3.91. The fraction of sp³-hybridized carbons (Fsp3) is 0.467. The zero-order valence-corrected chi connectivity index (χ0v) is 14.1. The minimum atomic E-state index is -3.06. The molecule has 1 aliphatic heterocycles. The highest BCUT2D eigenvalue weighted by Crippen LogP contribution is 2.33. The Morgan fingerprint density at radius 3 is 2.59 bits per heavy atom. The number of pyridine rings is 1. The molecule has 0 bridgehead atoms. The molecule has 5 nitrogen and oxygen atoms in total. The Labute approximate surface area is 135 Å². The first kappa shape index (κ1) is 15.6. The summed E-state index contributed by atoms with van der Waals surface area (Å²) in [5.41, 5.74) is 2.05. The highest BCUT2D eigenvalue weighted by molar-refractivity contribution is 7.89. The van der Waals surface area contributed by atoms with E-state index in [4.69, 9.17) is 4.98 Å². The van der Waals surface area contributed by atoms with Crippen LogP contribution in [0.5, 0.6) is 0 Å². The van der Waals surface area contributed by atoms with Gasteiger partial charge in [0.25, 0.3) is 0 Å². The van der Waals surface area contributed by atoms with Crippen molar-refractivity contribution in [1.29, 1.82) is 0 Å². The van der Waals surface area contributed by atoms with E-state index < -0.39 is 10.0 Å². The van der Waals surface area contributed by atoms with Gasteiger partial charge in [0.1, 0.15) is 0 Å². The predicted molar refractivity (Wildman–Crippen MR) is 88.4 cm³/mol. The predicted octanol–water partition coefficient (Wildman–Crippen LogP) is 2.73. The van der Waals surface area contributed by atoms with E-state index in [0.29, 0.717) is 19.0 Å². The van der Waals surface area contributed by atoms with Gasteiger partial charge in [0.15, 0.2) is 0 Å². The summed E-state index contributed by atoms with van der Waals surface area (Å²) in [6.07, 6.45) is 5.23. The van der Waals surface area contributed by atoms with Crippen LogP contribution in [0.4, 0.5) is 0 Å². The van der Waals surface area contributed by atoms with Crippen LogP contribution in [0.25, 0.3) is 11.3 Å². The van der Waals surface area contributed by atoms with Gasteiger partial charge in [0.05, 0.1) is 16.5 Å². The molecule has 3 rings (SSSR count). The van der Waals surface area contributed by atoms with Gasteiger partial charge in [-0.15, -0.1) is 11.3 Å². The molecular formula is C15H19N3O2S2. The number of rotatable bonds is 4. The number of piperidine rings is 1. The molecule has 1 aliphatic rings. The van der Waals surface area contributed by atoms with Crippen molar-refractivity contribution in [2.45, 2.75) is 25.7 Å². The van der Waals surface area contributed by atoms with Crippen molar-refractivity contribution in [3.63, 3.8) is 0 Å². The first-order chi connectivity index (χ1) is 10.6. The first-order valence-corrected chi connectivity index (χ1v) is 9.92. The second-order valence-electron chi connectivity index (χ2n) is 5.38. The van der Waals surface area contributed by atoms with Crippen LogP contribution in [0.2, 0.25) is 0 Å². The molecule has 118 valence electrons. The van der Waals surface area contributed by atoms with Crippen LogP contribution in [0.3, 0.4) is 0 Å². The molecule has 1 saturated heterocycles. The maximum absolute atomic E-state index is 11.9.